The van der Waals surface area contributed by atoms with E-state index in [1.807, 2.05) is 0 Å². The Hall–Kier alpha value is -2.37. The monoisotopic (exact) mass is 518 g/mol. The van der Waals surface area contributed by atoms with E-state index in [0.717, 1.165) is 38.5 Å². The van der Waals surface area contributed by atoms with Crippen LogP contribution in [0.25, 0.3) is 0 Å². The Bertz CT molecular complexity index is 719. The molecule has 210 valence electrons. The SMILES string of the molecule is CCCCCCCCCCCOC(=O)c1cccc(C(=O)OCCCCCCCCCCC)c1C(=O)O. The lowest BCUT2D eigenvalue weighted by molar-refractivity contribution is 0.0476. The first-order chi connectivity index (χ1) is 18.0. The molecule has 0 saturated carbocycles. The topological polar surface area (TPSA) is 89.9 Å². The molecule has 0 radical (unpaired) electrons. The summed E-state index contributed by atoms with van der Waals surface area (Å²) < 4.78 is 10.7. The van der Waals surface area contributed by atoms with Crippen LogP contribution < -0.4 is 0 Å². The first kappa shape index (κ1) is 32.7. The Morgan fingerprint density at radius 2 is 0.892 bits per heavy atom. The van der Waals surface area contributed by atoms with Gasteiger partial charge in [0.05, 0.1) is 29.9 Å². The molecule has 0 aliphatic carbocycles. The van der Waals surface area contributed by atoms with Gasteiger partial charge in [-0.1, -0.05) is 123 Å². The first-order valence-electron chi connectivity index (χ1n) is 14.7. The van der Waals surface area contributed by atoms with Crippen molar-refractivity contribution in [3.63, 3.8) is 0 Å². The second-order valence-electron chi connectivity index (χ2n) is 9.96. The highest BCUT2D eigenvalue weighted by atomic mass is 16.5. The number of hydrogen-bond acceptors (Lipinski definition) is 5. The summed E-state index contributed by atoms with van der Waals surface area (Å²) in [6, 6.07) is 4.27. The molecule has 1 N–H and O–H groups in total. The number of carbonyl (C=O) groups excluding carboxylic acids is 2. The van der Waals surface area contributed by atoms with Crippen LogP contribution in [0.1, 0.15) is 160 Å². The van der Waals surface area contributed by atoms with Gasteiger partial charge in [-0.2, -0.15) is 0 Å². The zero-order valence-corrected chi connectivity index (χ0v) is 23.4. The van der Waals surface area contributed by atoms with Crippen molar-refractivity contribution in [2.75, 3.05) is 13.2 Å². The van der Waals surface area contributed by atoms with Crippen LogP contribution in [0, 0.1) is 0 Å². The first-order valence-corrected chi connectivity index (χ1v) is 14.7. The second-order valence-corrected chi connectivity index (χ2v) is 9.96. The zero-order chi connectivity index (χ0) is 27.1. The average molecular weight is 519 g/mol. The van der Waals surface area contributed by atoms with Crippen LogP contribution >= 0.6 is 0 Å². The summed E-state index contributed by atoms with van der Waals surface area (Å²) in [5.74, 6) is -2.78. The minimum Gasteiger partial charge on any atom is -0.478 e. The van der Waals surface area contributed by atoms with Crippen molar-refractivity contribution >= 4 is 17.9 Å². The molecular weight excluding hydrogens is 468 g/mol. The molecule has 0 unspecified atom stereocenters. The number of carboxylic acid groups (broad SMARTS) is 1. The van der Waals surface area contributed by atoms with Gasteiger partial charge in [-0.15, -0.1) is 0 Å². The van der Waals surface area contributed by atoms with Crippen molar-refractivity contribution in [3.05, 3.63) is 34.9 Å². The summed E-state index contributed by atoms with van der Waals surface area (Å²) in [6.45, 7) is 4.89. The van der Waals surface area contributed by atoms with Crippen molar-refractivity contribution < 1.29 is 29.0 Å². The molecule has 0 fully saturated rings. The fourth-order valence-electron chi connectivity index (χ4n) is 4.43. The van der Waals surface area contributed by atoms with E-state index in [-0.39, 0.29) is 29.9 Å². The molecule has 0 saturated heterocycles. The Kier molecular flexibility index (Phi) is 19.1. The van der Waals surface area contributed by atoms with Gasteiger partial charge < -0.3 is 14.6 Å². The van der Waals surface area contributed by atoms with Crippen LogP contribution in [0.5, 0.6) is 0 Å². The van der Waals surface area contributed by atoms with Crippen molar-refractivity contribution in [2.45, 2.75) is 129 Å². The third kappa shape index (κ3) is 14.8. The molecule has 0 aromatic heterocycles. The number of aromatic carboxylic acids is 1. The largest absolute Gasteiger partial charge is 0.478 e. The standard InChI is InChI=1S/C31H50O6/c1-3-5-7-9-11-13-15-17-19-24-36-30(34)26-22-21-23-27(28(26)29(32)33)31(35)37-25-20-18-16-14-12-10-8-6-4-2/h21-23H,3-20,24-25H2,1-2H3,(H,32,33). The summed E-state index contributed by atoms with van der Waals surface area (Å²) in [4.78, 5) is 37.1. The van der Waals surface area contributed by atoms with E-state index in [1.54, 1.807) is 0 Å². The van der Waals surface area contributed by atoms with Gasteiger partial charge in [-0.05, 0) is 25.0 Å². The highest BCUT2D eigenvalue weighted by Crippen LogP contribution is 2.19. The van der Waals surface area contributed by atoms with Crippen LogP contribution in [0.2, 0.25) is 0 Å². The molecular formula is C31H50O6. The lowest BCUT2D eigenvalue weighted by atomic mass is 10.0. The van der Waals surface area contributed by atoms with E-state index < -0.39 is 17.9 Å². The molecule has 0 aliphatic heterocycles. The highest BCUT2D eigenvalue weighted by molar-refractivity contribution is 6.09. The predicted octanol–water partition coefficient (Wildman–Crippen LogP) is 8.76. The predicted molar refractivity (Wildman–Crippen MR) is 148 cm³/mol. The summed E-state index contributed by atoms with van der Waals surface area (Å²) in [7, 11) is 0. The number of carboxylic acids is 1. The maximum atomic E-state index is 12.6. The van der Waals surface area contributed by atoms with E-state index in [4.69, 9.17) is 9.47 Å². The summed E-state index contributed by atoms with van der Waals surface area (Å²) in [5.41, 5.74) is -0.571. The average Bonchev–Trinajstić information content (AvgIpc) is 2.90. The molecule has 6 heteroatoms. The fourth-order valence-corrected chi connectivity index (χ4v) is 4.43. The van der Waals surface area contributed by atoms with Crippen LogP contribution in [0.4, 0.5) is 0 Å². The highest BCUT2D eigenvalue weighted by Gasteiger charge is 2.25. The van der Waals surface area contributed by atoms with Crippen LogP contribution in [0.3, 0.4) is 0 Å². The van der Waals surface area contributed by atoms with E-state index in [9.17, 15) is 19.5 Å². The third-order valence-electron chi connectivity index (χ3n) is 6.68. The van der Waals surface area contributed by atoms with Crippen LogP contribution in [-0.2, 0) is 9.47 Å². The van der Waals surface area contributed by atoms with Crippen molar-refractivity contribution in [1.29, 1.82) is 0 Å². The van der Waals surface area contributed by atoms with E-state index in [1.165, 1.54) is 95.2 Å². The number of ether oxygens (including phenoxy) is 2. The smallest absolute Gasteiger partial charge is 0.339 e. The van der Waals surface area contributed by atoms with E-state index >= 15 is 0 Å². The molecule has 0 bridgehead atoms. The van der Waals surface area contributed by atoms with Crippen LogP contribution in [0.15, 0.2) is 18.2 Å². The van der Waals surface area contributed by atoms with Crippen molar-refractivity contribution in [1.82, 2.24) is 0 Å². The molecule has 0 aliphatic rings. The molecule has 0 heterocycles. The molecule has 37 heavy (non-hydrogen) atoms. The Morgan fingerprint density at radius 1 is 0.568 bits per heavy atom. The number of hydrogen-bond donors (Lipinski definition) is 1. The minimum atomic E-state index is -1.34. The Morgan fingerprint density at radius 3 is 1.22 bits per heavy atom. The minimum absolute atomic E-state index is 0.110. The van der Waals surface area contributed by atoms with Gasteiger partial charge in [0.15, 0.2) is 0 Å². The lowest BCUT2D eigenvalue weighted by Gasteiger charge is -2.11. The number of benzene rings is 1. The molecule has 0 amide bonds. The summed E-state index contributed by atoms with van der Waals surface area (Å²) in [6.07, 6.45) is 20.7. The van der Waals surface area contributed by atoms with Gasteiger partial charge in [0, 0.05) is 0 Å². The lowest BCUT2D eigenvalue weighted by Crippen LogP contribution is -2.18. The molecule has 1 aromatic carbocycles. The maximum absolute atomic E-state index is 12.6. The van der Waals surface area contributed by atoms with Crippen LogP contribution in [-0.4, -0.2) is 36.2 Å². The van der Waals surface area contributed by atoms with Gasteiger partial charge >= 0.3 is 17.9 Å². The molecule has 1 rings (SSSR count). The quantitative estimate of drug-likeness (QED) is 0.115. The second kappa shape index (κ2) is 21.7. The molecule has 0 spiro atoms. The van der Waals surface area contributed by atoms with Gasteiger partial charge in [-0.3, -0.25) is 0 Å². The van der Waals surface area contributed by atoms with Gasteiger partial charge in [0.1, 0.15) is 0 Å². The van der Waals surface area contributed by atoms with E-state index in [0.29, 0.717) is 0 Å². The molecule has 1 aromatic rings. The molecule has 0 atom stereocenters. The van der Waals surface area contributed by atoms with E-state index in [2.05, 4.69) is 13.8 Å². The summed E-state index contributed by atoms with van der Waals surface area (Å²) >= 11 is 0. The number of unbranched alkanes of at least 4 members (excludes halogenated alkanes) is 16. The Labute approximate surface area is 224 Å². The Balaban J connectivity index is 2.40. The molecule has 6 nitrogen and oxygen atoms in total. The normalized spacial score (nSPS) is 10.9. The van der Waals surface area contributed by atoms with Gasteiger partial charge in [0.2, 0.25) is 0 Å². The fraction of sp³-hybridized carbons (Fsp3) is 0.710. The van der Waals surface area contributed by atoms with Crippen molar-refractivity contribution in [2.24, 2.45) is 0 Å². The zero-order valence-electron chi connectivity index (χ0n) is 23.4. The maximum Gasteiger partial charge on any atom is 0.339 e. The summed E-state index contributed by atoms with van der Waals surface area (Å²) in [5, 5.41) is 9.72. The van der Waals surface area contributed by atoms with Gasteiger partial charge in [0.25, 0.3) is 0 Å². The van der Waals surface area contributed by atoms with Crippen molar-refractivity contribution in [3.8, 4) is 0 Å². The number of carbonyl (C=O) groups is 3. The number of esters is 2. The number of rotatable bonds is 23. The van der Waals surface area contributed by atoms with Gasteiger partial charge in [-0.25, -0.2) is 14.4 Å². The third-order valence-corrected chi connectivity index (χ3v) is 6.68.